The molecule has 0 fully saturated rings. The fraction of sp³-hybridized carbons (Fsp3) is 0.200. The molecule has 0 radical (unpaired) electrons. The largest absolute Gasteiger partial charge is 0.417 e. The van der Waals surface area contributed by atoms with E-state index in [9.17, 15) is 31.5 Å². The lowest BCUT2D eigenvalue weighted by molar-refractivity contribution is -0.137. The molecule has 0 bridgehead atoms. The Kier molecular flexibility index (Phi) is 7.33. The molecule has 3 aromatic carbocycles. The zero-order valence-corrected chi connectivity index (χ0v) is 19.3. The van der Waals surface area contributed by atoms with E-state index in [1.54, 1.807) is 12.1 Å². The van der Waals surface area contributed by atoms with Crippen LogP contribution < -0.4 is 5.32 Å². The highest BCUT2D eigenvalue weighted by molar-refractivity contribution is 7.91. The second-order valence-electron chi connectivity index (χ2n) is 8.13. The summed E-state index contributed by atoms with van der Waals surface area (Å²) in [5.74, 6) is -2.21. The van der Waals surface area contributed by atoms with Gasteiger partial charge >= 0.3 is 6.18 Å². The van der Waals surface area contributed by atoms with Gasteiger partial charge in [-0.2, -0.15) is 18.4 Å². The lowest BCUT2D eigenvalue weighted by Crippen LogP contribution is -2.46. The molecule has 2 N–H and O–H groups in total. The fourth-order valence-electron chi connectivity index (χ4n) is 3.50. The summed E-state index contributed by atoms with van der Waals surface area (Å²) in [7, 11) is -4.18. The Balaban J connectivity index is 1.84. The first-order chi connectivity index (χ1) is 16.3. The number of halogens is 3. The summed E-state index contributed by atoms with van der Waals surface area (Å²) in [6.07, 6.45) is -4.55. The van der Waals surface area contributed by atoms with Crippen LogP contribution in [0.25, 0.3) is 0 Å². The van der Waals surface area contributed by atoms with E-state index in [0.29, 0.717) is 18.1 Å². The number of sulfone groups is 1. The smallest absolute Gasteiger partial charge is 0.379 e. The highest BCUT2D eigenvalue weighted by atomic mass is 32.2. The number of nitrogens with zero attached hydrogens (tertiary/aromatic N) is 1. The Morgan fingerprint density at radius 2 is 1.66 bits per heavy atom. The summed E-state index contributed by atoms with van der Waals surface area (Å²) in [5, 5.41) is 21.7. The predicted molar refractivity (Wildman–Crippen MR) is 123 cm³/mol. The summed E-state index contributed by atoms with van der Waals surface area (Å²) in [6, 6.07) is 19.2. The zero-order chi connectivity index (χ0) is 25.9. The van der Waals surface area contributed by atoms with Crippen molar-refractivity contribution < 1.29 is 31.5 Å². The molecule has 0 saturated heterocycles. The Morgan fingerprint density at radius 1 is 1.03 bits per heavy atom. The minimum absolute atomic E-state index is 0.0605. The van der Waals surface area contributed by atoms with Gasteiger partial charge in [-0.15, -0.1) is 0 Å². The minimum Gasteiger partial charge on any atom is -0.379 e. The standard InChI is InChI=1S/C25H21F3N2O4S/c1-24(32,23(31)30-20-12-11-19(15-29)21(14-20)25(26,27)28)16-35(33,34)22-10-6-5-9-18(22)13-17-7-3-2-4-8-17/h2-12,14,32H,13,16H2,1H3,(H,30,31). The lowest BCUT2D eigenvalue weighted by Gasteiger charge is -2.23. The van der Waals surface area contributed by atoms with E-state index < -0.39 is 44.4 Å². The second kappa shape index (κ2) is 9.90. The number of rotatable bonds is 7. The van der Waals surface area contributed by atoms with E-state index in [4.69, 9.17) is 5.26 Å². The molecule has 3 aromatic rings. The van der Waals surface area contributed by atoms with Crippen molar-refractivity contribution in [3.8, 4) is 6.07 Å². The van der Waals surface area contributed by atoms with Crippen LogP contribution in [0.2, 0.25) is 0 Å². The van der Waals surface area contributed by atoms with Gasteiger partial charge in [-0.05, 0) is 48.7 Å². The van der Waals surface area contributed by atoms with E-state index in [0.717, 1.165) is 24.6 Å². The first-order valence-electron chi connectivity index (χ1n) is 10.3. The van der Waals surface area contributed by atoms with Crippen LogP contribution in [-0.4, -0.2) is 30.8 Å². The molecule has 35 heavy (non-hydrogen) atoms. The third-order valence-corrected chi connectivity index (χ3v) is 7.22. The highest BCUT2D eigenvalue weighted by Crippen LogP contribution is 2.34. The maximum absolute atomic E-state index is 13.2. The summed E-state index contributed by atoms with van der Waals surface area (Å²) in [4.78, 5) is 12.6. The van der Waals surface area contributed by atoms with Crippen LogP contribution in [0.3, 0.4) is 0 Å². The van der Waals surface area contributed by atoms with Crippen LogP contribution >= 0.6 is 0 Å². The number of carbonyl (C=O) groups is 1. The first kappa shape index (κ1) is 25.9. The van der Waals surface area contributed by atoms with Crippen LogP contribution in [-0.2, 0) is 27.2 Å². The molecule has 1 atom stereocenters. The molecule has 0 aliphatic heterocycles. The van der Waals surface area contributed by atoms with Crippen molar-refractivity contribution in [3.63, 3.8) is 0 Å². The Hall–Kier alpha value is -3.68. The number of nitrogens with one attached hydrogen (secondary N) is 1. The molecule has 1 amide bonds. The molecule has 10 heteroatoms. The summed E-state index contributed by atoms with van der Waals surface area (Å²) in [6.45, 7) is 0.966. The number of carbonyl (C=O) groups excluding carboxylic acids is 1. The molecule has 0 aliphatic carbocycles. The molecule has 3 rings (SSSR count). The van der Waals surface area contributed by atoms with E-state index >= 15 is 0 Å². The van der Waals surface area contributed by atoms with Crippen LogP contribution in [0.15, 0.2) is 77.7 Å². The van der Waals surface area contributed by atoms with E-state index in [-0.39, 0.29) is 10.6 Å². The van der Waals surface area contributed by atoms with Gasteiger partial charge in [0.15, 0.2) is 15.4 Å². The van der Waals surface area contributed by atoms with Crippen LogP contribution in [0.4, 0.5) is 18.9 Å². The topological polar surface area (TPSA) is 107 Å². The van der Waals surface area contributed by atoms with Gasteiger partial charge in [0.05, 0.1) is 27.8 Å². The van der Waals surface area contributed by atoms with Crippen molar-refractivity contribution in [1.29, 1.82) is 5.26 Å². The van der Waals surface area contributed by atoms with Gasteiger partial charge in [0.1, 0.15) is 0 Å². The Morgan fingerprint density at radius 3 is 2.29 bits per heavy atom. The average Bonchev–Trinajstić information content (AvgIpc) is 2.78. The SMILES string of the molecule is CC(O)(CS(=O)(=O)c1ccccc1Cc1ccccc1)C(=O)Nc1ccc(C#N)c(C(F)(F)F)c1. The molecule has 0 aliphatic rings. The molecule has 182 valence electrons. The van der Waals surface area contributed by atoms with E-state index in [1.807, 2.05) is 30.3 Å². The van der Waals surface area contributed by atoms with Gasteiger partial charge in [-0.3, -0.25) is 4.79 Å². The molecule has 0 saturated carbocycles. The summed E-state index contributed by atoms with van der Waals surface area (Å²) in [5.41, 5.74) is -3.38. The van der Waals surface area contributed by atoms with Gasteiger partial charge in [0.25, 0.3) is 5.91 Å². The normalized spacial score (nSPS) is 13.5. The highest BCUT2D eigenvalue weighted by Gasteiger charge is 2.38. The Labute approximate surface area is 200 Å². The molecule has 6 nitrogen and oxygen atoms in total. The Bertz CT molecular complexity index is 1380. The third kappa shape index (κ3) is 6.26. The molecule has 0 heterocycles. The summed E-state index contributed by atoms with van der Waals surface area (Å²) >= 11 is 0. The van der Waals surface area contributed by atoms with Gasteiger partial charge in [0, 0.05) is 5.69 Å². The number of nitriles is 1. The first-order valence-corrected chi connectivity index (χ1v) is 12.0. The van der Waals surface area contributed by atoms with Crippen molar-refractivity contribution in [2.75, 3.05) is 11.1 Å². The average molecular weight is 503 g/mol. The van der Waals surface area contributed by atoms with Crippen molar-refractivity contribution >= 4 is 21.4 Å². The number of benzene rings is 3. The van der Waals surface area contributed by atoms with Crippen molar-refractivity contribution in [2.45, 2.75) is 30.0 Å². The van der Waals surface area contributed by atoms with Crippen molar-refractivity contribution in [2.24, 2.45) is 0 Å². The minimum atomic E-state index is -4.85. The van der Waals surface area contributed by atoms with Gasteiger partial charge in [-0.25, -0.2) is 8.42 Å². The molecule has 0 spiro atoms. The third-order valence-electron chi connectivity index (χ3n) is 5.21. The molecule has 0 aromatic heterocycles. The maximum Gasteiger partial charge on any atom is 0.417 e. The van der Waals surface area contributed by atoms with E-state index in [1.165, 1.54) is 18.2 Å². The van der Waals surface area contributed by atoms with Gasteiger partial charge in [0.2, 0.25) is 0 Å². The van der Waals surface area contributed by atoms with Gasteiger partial charge < -0.3 is 10.4 Å². The molecular formula is C25H21F3N2O4S. The van der Waals surface area contributed by atoms with Crippen LogP contribution in [0.5, 0.6) is 0 Å². The second-order valence-corrected chi connectivity index (χ2v) is 10.1. The zero-order valence-electron chi connectivity index (χ0n) is 18.5. The predicted octanol–water partition coefficient (Wildman–Crippen LogP) is 4.33. The number of hydrogen-bond acceptors (Lipinski definition) is 5. The number of alkyl halides is 3. The number of amides is 1. The number of anilines is 1. The lowest BCUT2D eigenvalue weighted by atomic mass is 10.1. The van der Waals surface area contributed by atoms with Crippen LogP contribution in [0.1, 0.15) is 29.2 Å². The van der Waals surface area contributed by atoms with Crippen LogP contribution in [0, 0.1) is 11.3 Å². The molecular weight excluding hydrogens is 481 g/mol. The van der Waals surface area contributed by atoms with Crippen molar-refractivity contribution in [1.82, 2.24) is 0 Å². The van der Waals surface area contributed by atoms with Crippen molar-refractivity contribution in [3.05, 3.63) is 95.1 Å². The molecule has 1 unspecified atom stereocenters. The fourth-order valence-corrected chi connectivity index (χ4v) is 5.35. The monoisotopic (exact) mass is 502 g/mol. The quantitative estimate of drug-likeness (QED) is 0.500. The number of aliphatic hydroxyl groups is 1. The maximum atomic E-state index is 13.2. The van der Waals surface area contributed by atoms with Gasteiger partial charge in [-0.1, -0.05) is 48.5 Å². The summed E-state index contributed by atoms with van der Waals surface area (Å²) < 4.78 is 65.9. The number of hydrogen-bond donors (Lipinski definition) is 2. The van der Waals surface area contributed by atoms with E-state index in [2.05, 4.69) is 5.32 Å².